The summed E-state index contributed by atoms with van der Waals surface area (Å²) in [6.07, 6.45) is 0.400. The van der Waals surface area contributed by atoms with E-state index >= 15 is 0 Å². The van der Waals surface area contributed by atoms with Crippen molar-refractivity contribution in [2.75, 3.05) is 19.7 Å². The van der Waals surface area contributed by atoms with Crippen LogP contribution in [0.25, 0.3) is 0 Å². The monoisotopic (exact) mass is 374 g/mol. The highest BCUT2D eigenvalue weighted by Gasteiger charge is 2.14. The minimum absolute atomic E-state index is 0.124. The van der Waals surface area contributed by atoms with Gasteiger partial charge in [-0.15, -0.1) is 0 Å². The van der Waals surface area contributed by atoms with Gasteiger partial charge in [-0.2, -0.15) is 0 Å². The first-order valence-corrected chi connectivity index (χ1v) is 8.97. The second kappa shape index (κ2) is 10.6. The van der Waals surface area contributed by atoms with Gasteiger partial charge in [0.05, 0.1) is 16.7 Å². The summed E-state index contributed by atoms with van der Waals surface area (Å²) in [5.41, 5.74) is 1.05. The summed E-state index contributed by atoms with van der Waals surface area (Å²) < 4.78 is 5.65. The molecule has 0 saturated carbocycles. The van der Waals surface area contributed by atoms with Crippen molar-refractivity contribution >= 4 is 23.4 Å². The number of halogens is 1. The number of nitrogens with one attached hydrogen (secondary N) is 2. The lowest BCUT2D eigenvalue weighted by atomic mass is 10.2. The van der Waals surface area contributed by atoms with E-state index in [1.807, 2.05) is 25.1 Å². The summed E-state index contributed by atoms with van der Waals surface area (Å²) in [4.78, 5) is 24.3. The van der Waals surface area contributed by atoms with Gasteiger partial charge in [0.25, 0.3) is 11.8 Å². The fourth-order valence-electron chi connectivity index (χ4n) is 2.47. The second-order valence-electron chi connectivity index (χ2n) is 5.68. The molecule has 6 heteroatoms. The Bertz CT molecular complexity index is 722. The predicted molar refractivity (Wildman–Crippen MR) is 103 cm³/mol. The molecule has 1 unspecified atom stereocenters. The maximum absolute atomic E-state index is 12.2. The first kappa shape index (κ1) is 19.9. The fourth-order valence-corrected chi connectivity index (χ4v) is 2.69. The summed E-state index contributed by atoms with van der Waals surface area (Å²) in [5, 5.41) is 6.11. The van der Waals surface area contributed by atoms with Crippen LogP contribution in [-0.2, 0) is 4.74 Å². The summed E-state index contributed by atoms with van der Waals surface area (Å²) in [5.74, 6) is -0.366. The molecule has 0 heterocycles. The van der Waals surface area contributed by atoms with Gasteiger partial charge in [0.15, 0.2) is 0 Å². The maximum Gasteiger partial charge on any atom is 0.252 e. The van der Waals surface area contributed by atoms with Gasteiger partial charge in [-0.25, -0.2) is 0 Å². The largest absolute Gasteiger partial charge is 0.377 e. The number of ether oxygens (including phenoxy) is 1. The Morgan fingerprint density at radius 2 is 1.69 bits per heavy atom. The average Bonchev–Trinajstić information content (AvgIpc) is 2.66. The molecule has 2 aromatic carbocycles. The van der Waals surface area contributed by atoms with Gasteiger partial charge in [0.1, 0.15) is 0 Å². The Morgan fingerprint density at radius 3 is 2.38 bits per heavy atom. The van der Waals surface area contributed by atoms with Crippen LogP contribution in [-0.4, -0.2) is 37.6 Å². The number of benzene rings is 2. The van der Waals surface area contributed by atoms with Gasteiger partial charge in [-0.3, -0.25) is 9.59 Å². The molecule has 26 heavy (non-hydrogen) atoms. The van der Waals surface area contributed by atoms with Crippen molar-refractivity contribution in [3.05, 3.63) is 70.7 Å². The topological polar surface area (TPSA) is 67.4 Å². The van der Waals surface area contributed by atoms with Crippen LogP contribution in [0.1, 0.15) is 34.1 Å². The molecular weight excluding hydrogens is 352 g/mol. The van der Waals surface area contributed by atoms with Crippen LogP contribution in [0.15, 0.2) is 54.6 Å². The molecule has 0 spiro atoms. The summed E-state index contributed by atoms with van der Waals surface area (Å²) in [6, 6.07) is 15.9. The van der Waals surface area contributed by atoms with Crippen LogP contribution < -0.4 is 10.6 Å². The first-order chi connectivity index (χ1) is 12.6. The number of amides is 2. The van der Waals surface area contributed by atoms with E-state index in [0.717, 1.165) is 0 Å². The van der Waals surface area contributed by atoms with E-state index in [1.54, 1.807) is 36.4 Å². The Labute approximate surface area is 158 Å². The van der Waals surface area contributed by atoms with E-state index in [0.29, 0.717) is 42.3 Å². The molecule has 2 N–H and O–H groups in total. The van der Waals surface area contributed by atoms with Crippen LogP contribution in [0, 0.1) is 0 Å². The van der Waals surface area contributed by atoms with E-state index in [1.165, 1.54) is 0 Å². The molecule has 0 aliphatic carbocycles. The lowest BCUT2D eigenvalue weighted by Crippen LogP contribution is -2.36. The minimum Gasteiger partial charge on any atom is -0.377 e. The van der Waals surface area contributed by atoms with Crippen molar-refractivity contribution in [2.24, 2.45) is 0 Å². The third-order valence-corrected chi connectivity index (χ3v) is 4.13. The number of hydrogen-bond donors (Lipinski definition) is 2. The van der Waals surface area contributed by atoms with E-state index in [2.05, 4.69) is 10.6 Å². The molecule has 138 valence electrons. The van der Waals surface area contributed by atoms with Crippen LogP contribution in [0.5, 0.6) is 0 Å². The summed E-state index contributed by atoms with van der Waals surface area (Å²) >= 11 is 6.03. The smallest absolute Gasteiger partial charge is 0.252 e. The molecule has 1 atom stereocenters. The molecule has 0 aliphatic heterocycles. The number of rotatable bonds is 9. The van der Waals surface area contributed by atoms with Gasteiger partial charge in [-0.1, -0.05) is 41.9 Å². The van der Waals surface area contributed by atoms with E-state index < -0.39 is 0 Å². The molecule has 0 saturated heterocycles. The molecule has 0 bridgehead atoms. The zero-order valence-corrected chi connectivity index (χ0v) is 15.5. The highest BCUT2D eigenvalue weighted by Crippen LogP contribution is 2.14. The van der Waals surface area contributed by atoms with E-state index in [4.69, 9.17) is 16.3 Å². The lowest BCUT2D eigenvalue weighted by Gasteiger charge is -2.18. The molecule has 0 aliphatic rings. The molecular formula is C20H23ClN2O3. The second-order valence-corrected chi connectivity index (χ2v) is 6.09. The summed E-state index contributed by atoms with van der Waals surface area (Å²) in [7, 11) is 0. The number of carbonyl (C=O) groups is 2. The van der Waals surface area contributed by atoms with Crippen molar-refractivity contribution in [1.29, 1.82) is 0 Å². The first-order valence-electron chi connectivity index (χ1n) is 8.59. The lowest BCUT2D eigenvalue weighted by molar-refractivity contribution is 0.0534. The third-order valence-electron chi connectivity index (χ3n) is 3.80. The van der Waals surface area contributed by atoms with Crippen LogP contribution in [0.3, 0.4) is 0 Å². The van der Waals surface area contributed by atoms with Crippen molar-refractivity contribution in [2.45, 2.75) is 19.4 Å². The van der Waals surface area contributed by atoms with Crippen molar-refractivity contribution in [3.63, 3.8) is 0 Å². The zero-order chi connectivity index (χ0) is 18.8. The van der Waals surface area contributed by atoms with Gasteiger partial charge in [-0.05, 0) is 37.6 Å². The average molecular weight is 375 g/mol. The fraction of sp³-hybridized carbons (Fsp3) is 0.300. The quantitative estimate of drug-likeness (QED) is 0.707. The van der Waals surface area contributed by atoms with Crippen LogP contribution >= 0.6 is 11.6 Å². The van der Waals surface area contributed by atoms with Gasteiger partial charge in [0.2, 0.25) is 0 Å². The van der Waals surface area contributed by atoms with Crippen LogP contribution in [0.4, 0.5) is 0 Å². The van der Waals surface area contributed by atoms with E-state index in [9.17, 15) is 9.59 Å². The Kier molecular flexibility index (Phi) is 8.12. The van der Waals surface area contributed by atoms with Crippen molar-refractivity contribution in [3.8, 4) is 0 Å². The zero-order valence-electron chi connectivity index (χ0n) is 14.7. The highest BCUT2D eigenvalue weighted by atomic mass is 35.5. The number of carbonyl (C=O) groups excluding carboxylic acids is 2. The molecule has 0 radical (unpaired) electrons. The molecule has 0 fully saturated rings. The Hall–Kier alpha value is -2.37. The standard InChI is InChI=1S/C20H23ClN2O3/c1-2-26-16(12-13-22-19(24)15-8-4-3-5-9-15)14-23-20(25)17-10-6-7-11-18(17)21/h3-11,16H,2,12-14H2,1H3,(H,22,24)(H,23,25). The van der Waals surface area contributed by atoms with Crippen molar-refractivity contribution in [1.82, 2.24) is 10.6 Å². The molecule has 2 amide bonds. The minimum atomic E-state index is -0.242. The highest BCUT2D eigenvalue weighted by molar-refractivity contribution is 6.33. The SMILES string of the molecule is CCOC(CCNC(=O)c1ccccc1)CNC(=O)c1ccccc1Cl. The number of hydrogen-bond acceptors (Lipinski definition) is 3. The van der Waals surface area contributed by atoms with Crippen molar-refractivity contribution < 1.29 is 14.3 Å². The normalized spacial score (nSPS) is 11.6. The summed E-state index contributed by atoms with van der Waals surface area (Å²) in [6.45, 7) is 3.23. The van der Waals surface area contributed by atoms with Gasteiger partial charge < -0.3 is 15.4 Å². The van der Waals surface area contributed by atoms with Gasteiger partial charge in [0, 0.05) is 25.3 Å². The predicted octanol–water partition coefficient (Wildman–Crippen LogP) is 3.30. The molecule has 2 rings (SSSR count). The molecule has 0 aromatic heterocycles. The van der Waals surface area contributed by atoms with E-state index in [-0.39, 0.29) is 17.9 Å². The molecule has 2 aromatic rings. The maximum atomic E-state index is 12.2. The molecule has 5 nitrogen and oxygen atoms in total. The van der Waals surface area contributed by atoms with Crippen LogP contribution in [0.2, 0.25) is 5.02 Å². The Balaban J connectivity index is 1.80. The third kappa shape index (κ3) is 6.17. The van der Waals surface area contributed by atoms with Gasteiger partial charge >= 0.3 is 0 Å². The Morgan fingerprint density at radius 1 is 1.00 bits per heavy atom.